The molecule has 0 amide bonds. The van der Waals surface area contributed by atoms with Crippen molar-refractivity contribution in [2.75, 3.05) is 6.61 Å². The van der Waals surface area contributed by atoms with E-state index in [4.69, 9.17) is 9.15 Å². The molecule has 2 aromatic rings. The van der Waals surface area contributed by atoms with Gasteiger partial charge in [-0.25, -0.2) is 4.79 Å². The summed E-state index contributed by atoms with van der Waals surface area (Å²) in [7, 11) is 0. The van der Waals surface area contributed by atoms with Gasteiger partial charge in [0.2, 0.25) is 0 Å². The van der Waals surface area contributed by atoms with Crippen LogP contribution in [0.25, 0.3) is 11.3 Å². The lowest BCUT2D eigenvalue weighted by Crippen LogP contribution is -2.05. The monoisotopic (exact) mass is 244 g/mol. The molecular formula is C15H16O3. The standard InChI is InChI=1S/C15H16O3/c1-3-13-12(15(16)17-4-2)10-14(18-13)11-8-6-5-7-9-11/h5-10H,3-4H2,1-2H3. The van der Waals surface area contributed by atoms with Crippen LogP contribution in [0.2, 0.25) is 0 Å². The lowest BCUT2D eigenvalue weighted by Gasteiger charge is -1.99. The third-order valence-corrected chi connectivity index (χ3v) is 2.68. The van der Waals surface area contributed by atoms with Gasteiger partial charge in [0.15, 0.2) is 0 Å². The molecule has 0 saturated heterocycles. The molecular weight excluding hydrogens is 228 g/mol. The molecule has 94 valence electrons. The maximum Gasteiger partial charge on any atom is 0.341 e. The highest BCUT2D eigenvalue weighted by Crippen LogP contribution is 2.26. The van der Waals surface area contributed by atoms with Gasteiger partial charge in [-0.15, -0.1) is 0 Å². The zero-order valence-electron chi connectivity index (χ0n) is 10.6. The van der Waals surface area contributed by atoms with Crippen molar-refractivity contribution >= 4 is 5.97 Å². The summed E-state index contributed by atoms with van der Waals surface area (Å²) in [5, 5.41) is 0. The van der Waals surface area contributed by atoms with Crippen molar-refractivity contribution in [3.05, 3.63) is 47.7 Å². The molecule has 18 heavy (non-hydrogen) atoms. The minimum absolute atomic E-state index is 0.319. The first-order valence-corrected chi connectivity index (χ1v) is 6.11. The first kappa shape index (κ1) is 12.4. The first-order chi connectivity index (χ1) is 8.76. The Morgan fingerprint density at radius 1 is 1.22 bits per heavy atom. The second-order valence-electron chi connectivity index (χ2n) is 3.89. The molecule has 3 nitrogen and oxygen atoms in total. The second kappa shape index (κ2) is 5.54. The topological polar surface area (TPSA) is 39.4 Å². The maximum absolute atomic E-state index is 11.8. The molecule has 0 fully saturated rings. The fourth-order valence-corrected chi connectivity index (χ4v) is 1.82. The van der Waals surface area contributed by atoms with E-state index < -0.39 is 0 Å². The molecule has 0 saturated carbocycles. The number of benzene rings is 1. The fraction of sp³-hybridized carbons (Fsp3) is 0.267. The van der Waals surface area contributed by atoms with Crippen LogP contribution in [0.3, 0.4) is 0 Å². The number of furan rings is 1. The van der Waals surface area contributed by atoms with Crippen LogP contribution in [-0.2, 0) is 11.2 Å². The van der Waals surface area contributed by atoms with Crippen LogP contribution in [0.15, 0.2) is 40.8 Å². The van der Waals surface area contributed by atoms with Gasteiger partial charge < -0.3 is 9.15 Å². The summed E-state index contributed by atoms with van der Waals surface area (Å²) in [6, 6.07) is 11.5. The van der Waals surface area contributed by atoms with E-state index in [2.05, 4.69) is 0 Å². The summed E-state index contributed by atoms with van der Waals surface area (Å²) in [6.45, 7) is 4.12. The van der Waals surface area contributed by atoms with Gasteiger partial charge in [0.1, 0.15) is 17.1 Å². The van der Waals surface area contributed by atoms with Crippen LogP contribution >= 0.6 is 0 Å². The Kier molecular flexibility index (Phi) is 3.82. The minimum Gasteiger partial charge on any atom is -0.462 e. The van der Waals surface area contributed by atoms with Crippen LogP contribution in [0, 0.1) is 0 Å². The molecule has 0 atom stereocenters. The predicted molar refractivity (Wildman–Crippen MR) is 69.5 cm³/mol. The Bertz CT molecular complexity index is 526. The Morgan fingerprint density at radius 3 is 2.56 bits per heavy atom. The zero-order chi connectivity index (χ0) is 13.0. The summed E-state index contributed by atoms with van der Waals surface area (Å²) in [4.78, 5) is 11.8. The molecule has 1 heterocycles. The molecule has 1 aromatic heterocycles. The Hall–Kier alpha value is -2.03. The van der Waals surface area contributed by atoms with Gasteiger partial charge in [-0.3, -0.25) is 0 Å². The molecule has 0 unspecified atom stereocenters. The summed E-state index contributed by atoms with van der Waals surface area (Å²) >= 11 is 0. The van der Waals surface area contributed by atoms with E-state index in [1.807, 2.05) is 37.3 Å². The number of carbonyl (C=O) groups excluding carboxylic acids is 1. The highest BCUT2D eigenvalue weighted by molar-refractivity contribution is 5.92. The average molecular weight is 244 g/mol. The number of ether oxygens (including phenoxy) is 1. The van der Waals surface area contributed by atoms with E-state index in [1.54, 1.807) is 13.0 Å². The van der Waals surface area contributed by atoms with Crippen molar-refractivity contribution in [3.63, 3.8) is 0 Å². The smallest absolute Gasteiger partial charge is 0.341 e. The van der Waals surface area contributed by atoms with Gasteiger partial charge in [0.05, 0.1) is 6.61 Å². The van der Waals surface area contributed by atoms with Crippen molar-refractivity contribution in [1.29, 1.82) is 0 Å². The van der Waals surface area contributed by atoms with Crippen LogP contribution in [0.5, 0.6) is 0 Å². The normalized spacial score (nSPS) is 10.3. The second-order valence-corrected chi connectivity index (χ2v) is 3.89. The zero-order valence-corrected chi connectivity index (χ0v) is 10.6. The molecule has 0 N–H and O–H groups in total. The Balaban J connectivity index is 2.38. The minimum atomic E-state index is -0.319. The van der Waals surface area contributed by atoms with Crippen LogP contribution in [0.1, 0.15) is 30.0 Å². The highest BCUT2D eigenvalue weighted by atomic mass is 16.5. The lowest BCUT2D eigenvalue weighted by molar-refractivity contribution is 0.0524. The molecule has 3 heteroatoms. The average Bonchev–Trinajstić information content (AvgIpc) is 2.84. The van der Waals surface area contributed by atoms with Crippen molar-refractivity contribution in [2.24, 2.45) is 0 Å². The fourth-order valence-electron chi connectivity index (χ4n) is 1.82. The molecule has 0 spiro atoms. The van der Waals surface area contributed by atoms with Crippen LogP contribution < -0.4 is 0 Å². The van der Waals surface area contributed by atoms with Crippen LogP contribution in [0.4, 0.5) is 0 Å². The summed E-state index contributed by atoms with van der Waals surface area (Å²) in [5.41, 5.74) is 1.49. The molecule has 0 aliphatic heterocycles. The van der Waals surface area contributed by atoms with Gasteiger partial charge in [-0.05, 0) is 13.0 Å². The third-order valence-electron chi connectivity index (χ3n) is 2.68. The van der Waals surface area contributed by atoms with Crippen molar-refractivity contribution in [1.82, 2.24) is 0 Å². The van der Waals surface area contributed by atoms with E-state index in [0.29, 0.717) is 30.1 Å². The van der Waals surface area contributed by atoms with Gasteiger partial charge in [-0.2, -0.15) is 0 Å². The van der Waals surface area contributed by atoms with Crippen molar-refractivity contribution in [2.45, 2.75) is 20.3 Å². The summed E-state index contributed by atoms with van der Waals surface area (Å²) < 4.78 is 10.7. The highest BCUT2D eigenvalue weighted by Gasteiger charge is 2.18. The van der Waals surface area contributed by atoms with E-state index >= 15 is 0 Å². The van der Waals surface area contributed by atoms with Crippen LogP contribution in [-0.4, -0.2) is 12.6 Å². The number of esters is 1. The predicted octanol–water partition coefficient (Wildman–Crippen LogP) is 3.69. The molecule has 1 aromatic carbocycles. The van der Waals surface area contributed by atoms with Gasteiger partial charge in [0, 0.05) is 12.0 Å². The van der Waals surface area contributed by atoms with Crippen molar-refractivity contribution < 1.29 is 13.9 Å². The van der Waals surface area contributed by atoms with Gasteiger partial charge in [-0.1, -0.05) is 37.3 Å². The van der Waals surface area contributed by atoms with Gasteiger partial charge >= 0.3 is 5.97 Å². The molecule has 0 radical (unpaired) electrons. The molecule has 0 aliphatic carbocycles. The summed E-state index contributed by atoms with van der Waals surface area (Å²) in [6.07, 6.45) is 0.668. The SMILES string of the molecule is CCOC(=O)c1cc(-c2ccccc2)oc1CC. The van der Waals surface area contributed by atoms with E-state index in [9.17, 15) is 4.79 Å². The number of hydrogen-bond donors (Lipinski definition) is 0. The molecule has 2 rings (SSSR count). The number of rotatable bonds is 4. The largest absolute Gasteiger partial charge is 0.462 e. The maximum atomic E-state index is 11.8. The Morgan fingerprint density at radius 2 is 1.94 bits per heavy atom. The quantitative estimate of drug-likeness (QED) is 0.770. The number of carbonyl (C=O) groups is 1. The number of aryl methyl sites for hydroxylation is 1. The Labute approximate surface area is 106 Å². The molecule has 0 bridgehead atoms. The van der Waals surface area contributed by atoms with E-state index in [1.165, 1.54) is 0 Å². The number of hydrogen-bond acceptors (Lipinski definition) is 3. The van der Waals surface area contributed by atoms with E-state index in [0.717, 1.165) is 5.56 Å². The lowest BCUT2D eigenvalue weighted by atomic mass is 10.1. The van der Waals surface area contributed by atoms with Gasteiger partial charge in [0.25, 0.3) is 0 Å². The summed E-state index contributed by atoms with van der Waals surface area (Å²) in [5.74, 6) is 1.06. The van der Waals surface area contributed by atoms with E-state index in [-0.39, 0.29) is 5.97 Å². The first-order valence-electron chi connectivity index (χ1n) is 6.11. The van der Waals surface area contributed by atoms with Crippen molar-refractivity contribution in [3.8, 4) is 11.3 Å². The third kappa shape index (κ3) is 2.45. The molecule has 0 aliphatic rings.